The van der Waals surface area contributed by atoms with Gasteiger partial charge in [-0.2, -0.15) is 0 Å². The molecule has 0 heterocycles. The van der Waals surface area contributed by atoms with Gasteiger partial charge in [0, 0.05) is 24.6 Å². The highest BCUT2D eigenvalue weighted by atomic mass is 16.6. The van der Waals surface area contributed by atoms with Crippen molar-refractivity contribution in [1.82, 2.24) is 5.32 Å². The number of nitro groups is 1. The fraction of sp³-hybridized carbons (Fsp3) is 0.0769. The number of nitrogen functional groups attached to an aromatic ring is 1. The van der Waals surface area contributed by atoms with Gasteiger partial charge in [0.1, 0.15) is 0 Å². The van der Waals surface area contributed by atoms with Crippen LogP contribution in [0.1, 0.15) is 10.4 Å². The van der Waals surface area contributed by atoms with Crippen LogP contribution in [-0.4, -0.2) is 17.4 Å². The topological polar surface area (TPSA) is 98.3 Å². The van der Waals surface area contributed by atoms with Crippen LogP contribution >= 0.6 is 0 Å². The number of nitrogens with one attached hydrogen (secondary N) is 1. The third kappa shape index (κ3) is 3.21. The number of rotatable bonds is 4. The number of benzene rings is 1. The van der Waals surface area contributed by atoms with Crippen LogP contribution < -0.4 is 11.1 Å². The molecule has 97 valence electrons. The average Bonchev–Trinajstić information content (AvgIpc) is 2.88. The summed E-state index contributed by atoms with van der Waals surface area (Å²) in [5, 5.41) is 13.3. The summed E-state index contributed by atoms with van der Waals surface area (Å²) in [5.41, 5.74) is 5.83. The molecule has 6 nitrogen and oxygen atoms in total. The Balaban J connectivity index is 2.00. The van der Waals surface area contributed by atoms with Crippen LogP contribution in [0.4, 0.5) is 11.4 Å². The molecule has 0 saturated heterocycles. The van der Waals surface area contributed by atoms with Gasteiger partial charge in [0.15, 0.2) is 0 Å². The average molecular weight is 258 g/mol. The van der Waals surface area contributed by atoms with E-state index in [0.29, 0.717) is 6.54 Å². The van der Waals surface area contributed by atoms with Gasteiger partial charge in [-0.25, -0.2) is 0 Å². The molecule has 2 rings (SSSR count). The smallest absolute Gasteiger partial charge is 0.271 e. The maximum Gasteiger partial charge on any atom is 0.271 e. The quantitative estimate of drug-likeness (QED) is 0.483. The minimum absolute atomic E-state index is 0.0919. The molecule has 0 aromatic heterocycles. The largest absolute Gasteiger partial charge is 0.398 e. The van der Waals surface area contributed by atoms with Crippen LogP contribution in [0.15, 0.2) is 18.2 Å². The maximum atomic E-state index is 11.9. The molecule has 3 N–H and O–H groups in total. The highest BCUT2D eigenvalue weighted by Gasteiger charge is 2.19. The third-order valence-corrected chi connectivity index (χ3v) is 2.68. The molecule has 0 unspecified atom stereocenters. The predicted octanol–water partition coefficient (Wildman–Crippen LogP) is 1.31. The summed E-state index contributed by atoms with van der Waals surface area (Å²) in [6.07, 6.45) is 7.53. The summed E-state index contributed by atoms with van der Waals surface area (Å²) in [7, 11) is 0. The van der Waals surface area contributed by atoms with Crippen molar-refractivity contribution in [3.63, 3.8) is 0 Å². The van der Waals surface area contributed by atoms with Crippen molar-refractivity contribution in [3.05, 3.63) is 65.5 Å². The lowest BCUT2D eigenvalue weighted by Crippen LogP contribution is -2.28. The molecule has 6 heteroatoms. The molecule has 1 aromatic carbocycles. The van der Waals surface area contributed by atoms with Crippen LogP contribution in [0.5, 0.6) is 0 Å². The molecule has 1 amide bonds. The number of hydrogen-bond acceptors (Lipinski definition) is 4. The van der Waals surface area contributed by atoms with Gasteiger partial charge in [0.05, 0.1) is 16.2 Å². The maximum absolute atomic E-state index is 11.9. The minimum atomic E-state index is -0.554. The number of carbonyl (C=O) groups excluding carboxylic acids is 1. The van der Waals surface area contributed by atoms with Gasteiger partial charge in [-0.3, -0.25) is 14.9 Å². The van der Waals surface area contributed by atoms with E-state index in [2.05, 4.69) is 5.32 Å². The van der Waals surface area contributed by atoms with Crippen LogP contribution in [-0.2, 0) is 0 Å². The minimum Gasteiger partial charge on any atom is -0.398 e. The van der Waals surface area contributed by atoms with E-state index in [1.165, 1.54) is 18.2 Å². The number of anilines is 1. The van der Waals surface area contributed by atoms with Crippen molar-refractivity contribution in [2.24, 2.45) is 0 Å². The van der Waals surface area contributed by atoms with E-state index in [1.54, 1.807) is 0 Å². The molecule has 1 aliphatic carbocycles. The Morgan fingerprint density at radius 2 is 2.00 bits per heavy atom. The van der Waals surface area contributed by atoms with Crippen molar-refractivity contribution in [1.29, 1.82) is 0 Å². The fourth-order valence-corrected chi connectivity index (χ4v) is 1.68. The predicted molar refractivity (Wildman–Crippen MR) is 70.3 cm³/mol. The Hall–Kier alpha value is -2.11. The van der Waals surface area contributed by atoms with Crippen molar-refractivity contribution < 1.29 is 9.72 Å². The first-order valence-corrected chi connectivity index (χ1v) is 5.60. The molecular formula is C13H12N3O3. The second-order valence-electron chi connectivity index (χ2n) is 4.00. The van der Waals surface area contributed by atoms with Crippen molar-refractivity contribution in [3.8, 4) is 0 Å². The summed E-state index contributed by atoms with van der Waals surface area (Å²) in [5.74, 6) is 0.627. The molecule has 1 saturated carbocycles. The monoisotopic (exact) mass is 258 g/mol. The fourth-order valence-electron chi connectivity index (χ4n) is 1.68. The number of nitro benzene ring substituents is 1. The first kappa shape index (κ1) is 13.3. The number of amides is 1. The Morgan fingerprint density at radius 3 is 2.58 bits per heavy atom. The van der Waals surface area contributed by atoms with Crippen LogP contribution in [0.25, 0.3) is 0 Å². The summed E-state index contributed by atoms with van der Waals surface area (Å²) < 4.78 is 0. The van der Waals surface area contributed by atoms with Crippen molar-refractivity contribution >= 4 is 17.3 Å². The van der Waals surface area contributed by atoms with Gasteiger partial charge >= 0.3 is 0 Å². The molecule has 0 aliphatic heterocycles. The lowest BCUT2D eigenvalue weighted by molar-refractivity contribution is -0.384. The van der Waals surface area contributed by atoms with Crippen LogP contribution in [0.2, 0.25) is 0 Å². The highest BCUT2D eigenvalue weighted by molar-refractivity contribution is 5.99. The van der Waals surface area contributed by atoms with E-state index in [-0.39, 0.29) is 22.8 Å². The molecule has 5 radical (unpaired) electrons. The summed E-state index contributed by atoms with van der Waals surface area (Å²) in [6, 6.07) is 3.79. The van der Waals surface area contributed by atoms with Gasteiger partial charge in [0.2, 0.25) is 0 Å². The van der Waals surface area contributed by atoms with Crippen LogP contribution in [0, 0.1) is 41.7 Å². The molecule has 0 atom stereocenters. The second-order valence-corrected chi connectivity index (χ2v) is 4.00. The lowest BCUT2D eigenvalue weighted by atomic mass is 10.1. The number of nitrogens with two attached hydrogens (primary N) is 1. The standard InChI is InChI=1S/C13H12N3O3/c14-12-7-10(16(18)19)5-6-11(12)13(17)15-8-9-3-1-2-4-9/h1-7H,8,14H2,(H,15,17). The lowest BCUT2D eigenvalue weighted by Gasteiger charge is -2.10. The van der Waals surface area contributed by atoms with Gasteiger partial charge in [-0.1, -0.05) is 0 Å². The molecule has 1 aromatic rings. The molecular weight excluding hydrogens is 246 g/mol. The van der Waals surface area contributed by atoms with Gasteiger partial charge < -0.3 is 11.1 Å². The first-order valence-electron chi connectivity index (χ1n) is 5.60. The zero-order valence-electron chi connectivity index (χ0n) is 10.00. The van der Waals surface area contributed by atoms with E-state index in [4.69, 9.17) is 5.73 Å². The zero-order chi connectivity index (χ0) is 13.8. The molecule has 1 aliphatic rings. The second kappa shape index (κ2) is 5.69. The number of non-ortho nitro benzene ring substituents is 1. The van der Waals surface area contributed by atoms with E-state index in [1.807, 2.05) is 25.7 Å². The molecule has 1 fully saturated rings. The normalized spacial score (nSPS) is 15.4. The SMILES string of the molecule is Nc1cc([N+](=O)[O-])ccc1C(=O)NC[C]1[CH][CH][CH][CH]1. The van der Waals surface area contributed by atoms with Gasteiger partial charge in [-0.05, 0) is 31.7 Å². The van der Waals surface area contributed by atoms with Crippen LogP contribution in [0.3, 0.4) is 0 Å². The number of nitrogens with zero attached hydrogens (tertiary/aromatic N) is 1. The number of hydrogen-bond donors (Lipinski definition) is 2. The Labute approximate surface area is 111 Å². The van der Waals surface area contributed by atoms with E-state index in [0.717, 1.165) is 5.92 Å². The Bertz CT molecular complexity index is 496. The summed E-state index contributed by atoms with van der Waals surface area (Å²) in [6.45, 7) is 0.391. The van der Waals surface area contributed by atoms with E-state index >= 15 is 0 Å². The first-order chi connectivity index (χ1) is 9.08. The highest BCUT2D eigenvalue weighted by Crippen LogP contribution is 2.23. The Morgan fingerprint density at radius 1 is 1.32 bits per heavy atom. The zero-order valence-corrected chi connectivity index (χ0v) is 10.00. The van der Waals surface area contributed by atoms with Gasteiger partial charge in [0.25, 0.3) is 11.6 Å². The van der Waals surface area contributed by atoms with Crippen molar-refractivity contribution in [2.75, 3.05) is 12.3 Å². The third-order valence-electron chi connectivity index (χ3n) is 2.68. The Kier molecular flexibility index (Phi) is 3.99. The summed E-state index contributed by atoms with van der Waals surface area (Å²) >= 11 is 0. The molecule has 19 heavy (non-hydrogen) atoms. The molecule has 0 spiro atoms. The molecule has 0 bridgehead atoms. The number of carbonyl (C=O) groups is 1. The summed E-state index contributed by atoms with van der Waals surface area (Å²) in [4.78, 5) is 21.9. The van der Waals surface area contributed by atoms with E-state index in [9.17, 15) is 14.9 Å². The van der Waals surface area contributed by atoms with Gasteiger partial charge in [-0.15, -0.1) is 0 Å². The van der Waals surface area contributed by atoms with Crippen molar-refractivity contribution in [2.45, 2.75) is 0 Å². The van der Waals surface area contributed by atoms with E-state index < -0.39 is 4.92 Å².